The zero-order valence-electron chi connectivity index (χ0n) is 14.8. The normalized spacial score (nSPS) is 12.2. The number of anilines is 1. The van der Waals surface area contributed by atoms with Gasteiger partial charge in [0.05, 0.1) is 16.7 Å². The van der Waals surface area contributed by atoms with E-state index in [1.54, 1.807) is 0 Å². The van der Waals surface area contributed by atoms with Gasteiger partial charge in [-0.15, -0.1) is 0 Å². The van der Waals surface area contributed by atoms with Crippen molar-refractivity contribution in [2.24, 2.45) is 0 Å². The number of nitrogens with one attached hydrogen (secondary N) is 1. The largest absolute Gasteiger partial charge is 0.490 e. The van der Waals surface area contributed by atoms with Crippen LogP contribution in [0.15, 0.2) is 42.5 Å². The van der Waals surface area contributed by atoms with E-state index < -0.39 is 6.10 Å². The van der Waals surface area contributed by atoms with E-state index >= 15 is 0 Å². The van der Waals surface area contributed by atoms with Crippen LogP contribution in [0.4, 0.5) is 5.82 Å². The topological polar surface area (TPSA) is 67.3 Å². The molecule has 0 amide bonds. The van der Waals surface area contributed by atoms with Crippen molar-refractivity contribution in [3.8, 4) is 5.75 Å². The summed E-state index contributed by atoms with van der Waals surface area (Å²) in [6.45, 7) is 6.47. The fourth-order valence-corrected chi connectivity index (χ4v) is 2.74. The Morgan fingerprint density at radius 1 is 0.960 bits per heavy atom. The van der Waals surface area contributed by atoms with Gasteiger partial charge in [0.25, 0.3) is 0 Å². The highest BCUT2D eigenvalue weighted by molar-refractivity contribution is 5.76. The van der Waals surface area contributed by atoms with Crippen LogP contribution in [-0.4, -0.2) is 34.3 Å². The van der Waals surface area contributed by atoms with E-state index in [0.717, 1.165) is 33.6 Å². The third kappa shape index (κ3) is 4.06. The van der Waals surface area contributed by atoms with Crippen molar-refractivity contribution >= 4 is 16.9 Å². The molecule has 0 saturated carbocycles. The number of hydrogen-bond acceptors (Lipinski definition) is 5. The van der Waals surface area contributed by atoms with Crippen molar-refractivity contribution in [1.82, 2.24) is 9.97 Å². The fraction of sp³-hybridized carbons (Fsp3) is 0.300. The van der Waals surface area contributed by atoms with Crippen LogP contribution in [0.3, 0.4) is 0 Å². The number of hydrogen-bond donors (Lipinski definition) is 2. The summed E-state index contributed by atoms with van der Waals surface area (Å²) in [7, 11) is 0. The molecule has 0 bridgehead atoms. The first-order valence-corrected chi connectivity index (χ1v) is 8.39. The molecular formula is C20H23N3O2. The van der Waals surface area contributed by atoms with E-state index in [-0.39, 0.29) is 6.61 Å². The SMILES string of the molecule is Cc1cccc(C)c1OC[C@@H](O)CNc1nc2ccccc2nc1C. The zero-order valence-corrected chi connectivity index (χ0v) is 14.8. The quantitative estimate of drug-likeness (QED) is 0.721. The first-order chi connectivity index (χ1) is 12.0. The highest BCUT2D eigenvalue weighted by atomic mass is 16.5. The predicted molar refractivity (Wildman–Crippen MR) is 100 cm³/mol. The Morgan fingerprint density at radius 2 is 1.60 bits per heavy atom. The molecule has 130 valence electrons. The molecule has 0 aliphatic heterocycles. The van der Waals surface area contributed by atoms with E-state index in [0.29, 0.717) is 12.4 Å². The van der Waals surface area contributed by atoms with Crippen LogP contribution >= 0.6 is 0 Å². The lowest BCUT2D eigenvalue weighted by molar-refractivity contribution is 0.116. The number of benzene rings is 2. The maximum atomic E-state index is 10.2. The molecule has 0 aliphatic rings. The Morgan fingerprint density at radius 3 is 2.28 bits per heavy atom. The summed E-state index contributed by atoms with van der Waals surface area (Å²) in [6.07, 6.45) is -0.647. The summed E-state index contributed by atoms with van der Waals surface area (Å²) >= 11 is 0. The molecule has 5 nitrogen and oxygen atoms in total. The minimum absolute atomic E-state index is 0.221. The molecule has 2 aromatic carbocycles. The van der Waals surface area contributed by atoms with Crippen LogP contribution in [0.5, 0.6) is 5.75 Å². The van der Waals surface area contributed by atoms with Crippen molar-refractivity contribution in [3.63, 3.8) is 0 Å². The lowest BCUT2D eigenvalue weighted by Gasteiger charge is -2.17. The minimum atomic E-state index is -0.647. The van der Waals surface area contributed by atoms with Crippen LogP contribution in [-0.2, 0) is 0 Å². The summed E-state index contributed by atoms with van der Waals surface area (Å²) in [4.78, 5) is 9.10. The number of nitrogens with zero attached hydrogens (tertiary/aromatic N) is 2. The van der Waals surface area contributed by atoms with Gasteiger partial charge in [-0.3, -0.25) is 0 Å². The number of ether oxygens (including phenoxy) is 1. The molecule has 0 spiro atoms. The summed E-state index contributed by atoms with van der Waals surface area (Å²) in [5.74, 6) is 1.52. The molecule has 1 aromatic heterocycles. The molecule has 0 radical (unpaired) electrons. The van der Waals surface area contributed by atoms with E-state index in [4.69, 9.17) is 4.74 Å². The number of rotatable bonds is 6. The van der Waals surface area contributed by atoms with Crippen molar-refractivity contribution in [2.45, 2.75) is 26.9 Å². The van der Waals surface area contributed by atoms with Crippen LogP contribution in [0.1, 0.15) is 16.8 Å². The summed E-state index contributed by atoms with van der Waals surface area (Å²) < 4.78 is 5.79. The lowest BCUT2D eigenvalue weighted by atomic mass is 10.1. The van der Waals surface area contributed by atoms with Gasteiger partial charge in [0, 0.05) is 6.54 Å². The van der Waals surface area contributed by atoms with Gasteiger partial charge in [0.1, 0.15) is 24.3 Å². The van der Waals surface area contributed by atoms with E-state index in [1.807, 2.05) is 63.2 Å². The van der Waals surface area contributed by atoms with Gasteiger partial charge in [0.15, 0.2) is 0 Å². The molecule has 1 atom stereocenters. The number of fused-ring (bicyclic) bond motifs is 1. The van der Waals surface area contributed by atoms with Gasteiger partial charge in [0.2, 0.25) is 0 Å². The lowest BCUT2D eigenvalue weighted by Crippen LogP contribution is -2.27. The first-order valence-electron chi connectivity index (χ1n) is 8.39. The smallest absolute Gasteiger partial charge is 0.148 e. The van der Waals surface area contributed by atoms with Crippen LogP contribution in [0.25, 0.3) is 11.0 Å². The standard InChI is InChI=1S/C20H23N3O2/c1-13-7-6-8-14(2)19(13)25-12-16(24)11-21-20-15(3)22-17-9-4-5-10-18(17)23-20/h4-10,16,24H,11-12H2,1-3H3,(H,21,23)/t16-/m0/s1. The molecule has 0 aliphatic carbocycles. The Bertz CT molecular complexity index is 860. The molecule has 1 heterocycles. The number of aromatic nitrogens is 2. The Balaban J connectivity index is 1.61. The molecular weight excluding hydrogens is 314 g/mol. The number of aryl methyl sites for hydroxylation is 3. The summed E-state index contributed by atoms with van der Waals surface area (Å²) in [6, 6.07) is 13.7. The molecule has 5 heteroatoms. The maximum absolute atomic E-state index is 10.2. The van der Waals surface area contributed by atoms with Gasteiger partial charge in [-0.05, 0) is 44.0 Å². The van der Waals surface area contributed by atoms with Gasteiger partial charge in [-0.2, -0.15) is 0 Å². The third-order valence-electron chi connectivity index (χ3n) is 4.08. The third-order valence-corrected chi connectivity index (χ3v) is 4.08. The zero-order chi connectivity index (χ0) is 17.8. The number of aliphatic hydroxyl groups excluding tert-OH is 1. The Hall–Kier alpha value is -2.66. The molecule has 0 unspecified atom stereocenters. The maximum Gasteiger partial charge on any atom is 0.148 e. The predicted octanol–water partition coefficient (Wildman–Crippen LogP) is 3.41. The first kappa shape index (κ1) is 17.2. The molecule has 3 rings (SSSR count). The van der Waals surface area contributed by atoms with Crippen LogP contribution in [0, 0.1) is 20.8 Å². The molecule has 0 saturated heterocycles. The molecule has 0 fully saturated rings. The second-order valence-electron chi connectivity index (χ2n) is 6.21. The average Bonchev–Trinajstić information content (AvgIpc) is 2.59. The van der Waals surface area contributed by atoms with Gasteiger partial charge >= 0.3 is 0 Å². The second kappa shape index (κ2) is 7.49. The molecule has 3 aromatic rings. The van der Waals surface area contributed by atoms with Gasteiger partial charge < -0.3 is 15.2 Å². The second-order valence-corrected chi connectivity index (χ2v) is 6.21. The Kier molecular flexibility index (Phi) is 5.14. The summed E-state index contributed by atoms with van der Waals surface area (Å²) in [5.41, 5.74) is 4.63. The molecule has 25 heavy (non-hydrogen) atoms. The van der Waals surface area contributed by atoms with E-state index in [2.05, 4.69) is 15.3 Å². The highest BCUT2D eigenvalue weighted by Gasteiger charge is 2.10. The van der Waals surface area contributed by atoms with E-state index in [1.165, 1.54) is 0 Å². The van der Waals surface area contributed by atoms with Gasteiger partial charge in [-0.1, -0.05) is 30.3 Å². The van der Waals surface area contributed by atoms with Crippen molar-refractivity contribution in [1.29, 1.82) is 0 Å². The average molecular weight is 337 g/mol. The summed E-state index contributed by atoms with van der Waals surface area (Å²) in [5, 5.41) is 13.4. The number of para-hydroxylation sites is 3. The molecule has 2 N–H and O–H groups in total. The Labute approximate surface area is 147 Å². The van der Waals surface area contributed by atoms with Crippen molar-refractivity contribution in [2.75, 3.05) is 18.5 Å². The van der Waals surface area contributed by atoms with Crippen LogP contribution in [0.2, 0.25) is 0 Å². The van der Waals surface area contributed by atoms with Crippen molar-refractivity contribution in [3.05, 3.63) is 59.3 Å². The minimum Gasteiger partial charge on any atom is -0.490 e. The van der Waals surface area contributed by atoms with Crippen molar-refractivity contribution < 1.29 is 9.84 Å². The fourth-order valence-electron chi connectivity index (χ4n) is 2.74. The van der Waals surface area contributed by atoms with Gasteiger partial charge in [-0.25, -0.2) is 9.97 Å². The van der Waals surface area contributed by atoms with E-state index in [9.17, 15) is 5.11 Å². The highest BCUT2D eigenvalue weighted by Crippen LogP contribution is 2.22. The number of aliphatic hydroxyl groups is 1. The van der Waals surface area contributed by atoms with Crippen LogP contribution < -0.4 is 10.1 Å². The monoisotopic (exact) mass is 337 g/mol.